The molecule has 2 bridgehead atoms. The highest BCUT2D eigenvalue weighted by molar-refractivity contribution is 6.03. The lowest BCUT2D eigenvalue weighted by molar-refractivity contribution is -0.124. The summed E-state index contributed by atoms with van der Waals surface area (Å²) >= 11 is 0. The Bertz CT molecular complexity index is 1170. The molecule has 11 heteroatoms. The summed E-state index contributed by atoms with van der Waals surface area (Å²) in [7, 11) is 1.58. The summed E-state index contributed by atoms with van der Waals surface area (Å²) in [5, 5.41) is 18.3. The van der Waals surface area contributed by atoms with Crippen LogP contribution >= 0.6 is 0 Å². The maximum absolute atomic E-state index is 13.3. The summed E-state index contributed by atoms with van der Waals surface area (Å²) in [6.07, 6.45) is 3.44. The smallest absolute Gasteiger partial charge is 0.328 e. The van der Waals surface area contributed by atoms with Gasteiger partial charge in [0.05, 0.1) is 23.4 Å². The first kappa shape index (κ1) is 23.1. The molecule has 2 aliphatic heterocycles. The monoisotopic (exact) mass is 463 g/mol. The minimum absolute atomic E-state index is 0.0861. The lowest BCUT2D eigenvalue weighted by Crippen LogP contribution is -2.67. The van der Waals surface area contributed by atoms with Crippen molar-refractivity contribution in [1.82, 2.24) is 15.3 Å². The van der Waals surface area contributed by atoms with E-state index in [9.17, 15) is 19.6 Å². The van der Waals surface area contributed by atoms with Gasteiger partial charge >= 0.3 is 6.03 Å². The molecule has 0 saturated heterocycles. The summed E-state index contributed by atoms with van der Waals surface area (Å²) in [6, 6.07) is 6.32. The van der Waals surface area contributed by atoms with Crippen molar-refractivity contribution >= 4 is 35.5 Å². The first-order valence-electron chi connectivity index (χ1n) is 11.0. The van der Waals surface area contributed by atoms with Crippen LogP contribution in [0.4, 0.5) is 22.1 Å². The van der Waals surface area contributed by atoms with E-state index in [0.29, 0.717) is 61.3 Å². The normalized spacial score (nSPS) is 19.8. The van der Waals surface area contributed by atoms with Gasteiger partial charge in [-0.1, -0.05) is 13.0 Å². The molecule has 2 aromatic heterocycles. The Morgan fingerprint density at radius 3 is 2.85 bits per heavy atom. The van der Waals surface area contributed by atoms with E-state index < -0.39 is 11.6 Å². The number of aromatic nitrogens is 2. The number of amides is 3. The molecular formula is C23H25N7O4. The molecule has 0 spiro atoms. The van der Waals surface area contributed by atoms with Gasteiger partial charge in [0.25, 0.3) is 0 Å². The number of methoxy groups -OCH3 is 1. The number of anilines is 3. The Hall–Kier alpha value is -4.04. The van der Waals surface area contributed by atoms with Crippen LogP contribution in [0.3, 0.4) is 0 Å². The zero-order valence-electron chi connectivity index (χ0n) is 18.9. The summed E-state index contributed by atoms with van der Waals surface area (Å²) < 4.78 is 5.02. The third-order valence-electron chi connectivity index (χ3n) is 6.09. The fourth-order valence-corrected chi connectivity index (χ4v) is 4.41. The van der Waals surface area contributed by atoms with E-state index in [0.717, 1.165) is 0 Å². The third kappa shape index (κ3) is 4.15. The Morgan fingerprint density at radius 2 is 2.18 bits per heavy atom. The summed E-state index contributed by atoms with van der Waals surface area (Å²) in [5.74, 6) is 0.512. The second-order valence-electron chi connectivity index (χ2n) is 8.22. The Kier molecular flexibility index (Phi) is 6.43. The maximum atomic E-state index is 13.3. The maximum Gasteiger partial charge on any atom is 0.328 e. The van der Waals surface area contributed by atoms with Crippen LogP contribution in [-0.4, -0.2) is 54.5 Å². The number of hydrogen-bond acceptors (Lipinski definition) is 8. The molecule has 11 nitrogen and oxygen atoms in total. The lowest BCUT2D eigenvalue weighted by Gasteiger charge is -2.57. The van der Waals surface area contributed by atoms with E-state index in [1.54, 1.807) is 32.2 Å². The van der Waals surface area contributed by atoms with E-state index >= 15 is 0 Å². The van der Waals surface area contributed by atoms with Crippen LogP contribution < -0.4 is 20.9 Å². The molecule has 1 saturated carbocycles. The van der Waals surface area contributed by atoms with Crippen molar-refractivity contribution in [3.63, 3.8) is 0 Å². The number of nitrogens with one attached hydrogen (secondary N) is 3. The minimum atomic E-state index is -0.594. The molecule has 5 rings (SSSR count). The SMILES string of the molecule is CCC(=O)NC12CC(C1)N(C(=O)Nc1cc(NCCOC)c(C#N)cn1)c1nc(C=O)ccc12. The second-order valence-corrected chi connectivity index (χ2v) is 8.22. The number of aldehydes is 1. The molecule has 3 N–H and O–H groups in total. The Balaban J connectivity index is 1.61. The van der Waals surface area contributed by atoms with Crippen molar-refractivity contribution in [2.75, 3.05) is 35.8 Å². The molecular weight excluding hydrogens is 438 g/mol. The van der Waals surface area contributed by atoms with Gasteiger partial charge in [0.1, 0.15) is 23.4 Å². The van der Waals surface area contributed by atoms with Crippen molar-refractivity contribution in [3.05, 3.63) is 41.2 Å². The van der Waals surface area contributed by atoms with Gasteiger partial charge in [0.2, 0.25) is 5.91 Å². The van der Waals surface area contributed by atoms with Crippen molar-refractivity contribution < 1.29 is 19.1 Å². The van der Waals surface area contributed by atoms with Crippen LogP contribution in [-0.2, 0) is 15.1 Å². The fourth-order valence-electron chi connectivity index (χ4n) is 4.41. The number of nitrogens with zero attached hydrogens (tertiary/aromatic N) is 4. The largest absolute Gasteiger partial charge is 0.383 e. The van der Waals surface area contributed by atoms with Gasteiger partial charge in [-0.05, 0) is 18.9 Å². The molecule has 4 heterocycles. The molecule has 0 atom stereocenters. The Labute approximate surface area is 196 Å². The number of pyridine rings is 2. The number of ether oxygens (including phenoxy) is 1. The van der Waals surface area contributed by atoms with E-state index in [-0.39, 0.29) is 23.5 Å². The molecule has 0 radical (unpaired) electrons. The van der Waals surface area contributed by atoms with E-state index in [1.807, 2.05) is 0 Å². The third-order valence-corrected chi connectivity index (χ3v) is 6.09. The second kappa shape index (κ2) is 9.44. The topological polar surface area (TPSA) is 149 Å². The predicted molar refractivity (Wildman–Crippen MR) is 124 cm³/mol. The highest BCUT2D eigenvalue weighted by Crippen LogP contribution is 2.53. The Morgan fingerprint density at radius 1 is 1.38 bits per heavy atom. The molecule has 0 unspecified atom stereocenters. The summed E-state index contributed by atoms with van der Waals surface area (Å²) in [6.45, 7) is 2.71. The molecule has 34 heavy (non-hydrogen) atoms. The van der Waals surface area contributed by atoms with E-state index in [2.05, 4.69) is 32.0 Å². The van der Waals surface area contributed by atoms with Crippen LogP contribution in [0, 0.1) is 11.3 Å². The van der Waals surface area contributed by atoms with Crippen molar-refractivity contribution in [2.45, 2.75) is 37.8 Å². The van der Waals surface area contributed by atoms with Gasteiger partial charge < -0.3 is 15.4 Å². The molecule has 1 aliphatic carbocycles. The summed E-state index contributed by atoms with van der Waals surface area (Å²) in [4.78, 5) is 46.9. The molecule has 2 aromatic rings. The molecule has 3 aliphatic rings. The van der Waals surface area contributed by atoms with Gasteiger partial charge in [-0.2, -0.15) is 5.26 Å². The quantitative estimate of drug-likeness (QED) is 0.398. The lowest BCUT2D eigenvalue weighted by atomic mass is 9.64. The molecule has 3 amide bonds. The van der Waals surface area contributed by atoms with Gasteiger partial charge in [0, 0.05) is 43.9 Å². The number of nitriles is 1. The first-order chi connectivity index (χ1) is 16.4. The van der Waals surface area contributed by atoms with Crippen LogP contribution in [0.5, 0.6) is 0 Å². The highest BCUT2D eigenvalue weighted by atomic mass is 16.5. The van der Waals surface area contributed by atoms with Gasteiger partial charge in [-0.25, -0.2) is 14.8 Å². The summed E-state index contributed by atoms with van der Waals surface area (Å²) in [5.41, 5.74) is 1.16. The highest BCUT2D eigenvalue weighted by Gasteiger charge is 2.57. The van der Waals surface area contributed by atoms with E-state index in [4.69, 9.17) is 4.74 Å². The molecule has 1 fully saturated rings. The predicted octanol–water partition coefficient (Wildman–Crippen LogP) is 2.16. The fraction of sp³-hybridized carbons (Fsp3) is 0.391. The first-order valence-corrected chi connectivity index (χ1v) is 11.0. The van der Waals surface area contributed by atoms with Crippen LogP contribution in [0.25, 0.3) is 0 Å². The van der Waals surface area contributed by atoms with Crippen LogP contribution in [0.15, 0.2) is 24.4 Å². The van der Waals surface area contributed by atoms with E-state index in [1.165, 1.54) is 11.1 Å². The number of carbonyl (C=O) groups excluding carboxylic acids is 3. The zero-order chi connectivity index (χ0) is 24.3. The average molecular weight is 463 g/mol. The average Bonchev–Trinajstić information content (AvgIpc) is 2.83. The van der Waals surface area contributed by atoms with Crippen molar-refractivity contribution in [3.8, 4) is 6.07 Å². The van der Waals surface area contributed by atoms with Crippen molar-refractivity contribution in [2.24, 2.45) is 0 Å². The molecule has 0 aromatic carbocycles. The van der Waals surface area contributed by atoms with Gasteiger partial charge in [-0.15, -0.1) is 0 Å². The number of carbonyl (C=O) groups is 3. The van der Waals surface area contributed by atoms with Crippen molar-refractivity contribution in [1.29, 1.82) is 5.26 Å². The standard InChI is InChI=1S/C23H25N7O4/c1-3-20(32)29-23-9-16(10-23)30(21-17(23)5-4-15(13-31)27-21)22(33)28-19-8-18(25-6-7-34-2)14(11-24)12-26-19/h4-5,8,12-13,16H,3,6-7,9-10H2,1-2H3,(H,29,32)(H2,25,26,28,33). The number of urea groups is 1. The van der Waals surface area contributed by atoms with Crippen LogP contribution in [0.2, 0.25) is 0 Å². The number of hydrogen-bond donors (Lipinski definition) is 3. The van der Waals surface area contributed by atoms with Crippen LogP contribution in [0.1, 0.15) is 47.8 Å². The minimum Gasteiger partial charge on any atom is -0.383 e. The van der Waals surface area contributed by atoms with Gasteiger partial charge in [-0.3, -0.25) is 19.8 Å². The molecule has 176 valence electrons. The zero-order valence-corrected chi connectivity index (χ0v) is 18.9. The number of rotatable bonds is 8. The van der Waals surface area contributed by atoms with Gasteiger partial charge in [0.15, 0.2) is 6.29 Å².